The van der Waals surface area contributed by atoms with Crippen molar-refractivity contribution in [2.45, 2.75) is 38.4 Å². The van der Waals surface area contributed by atoms with Crippen LogP contribution in [0.1, 0.15) is 33.6 Å². The molecule has 2 heterocycles. The first-order chi connectivity index (χ1) is 10.2. The fraction of sp³-hybridized carbons (Fsp3) is 0.643. The highest BCUT2D eigenvalue weighted by atomic mass is 32.2. The van der Waals surface area contributed by atoms with Gasteiger partial charge >= 0.3 is 0 Å². The number of aromatic amines is 1. The van der Waals surface area contributed by atoms with Crippen molar-refractivity contribution in [3.8, 4) is 0 Å². The van der Waals surface area contributed by atoms with Gasteiger partial charge in [-0.05, 0) is 26.0 Å². The molecule has 0 fully saturated rings. The number of fused-ring (bicyclic) bond motifs is 1. The number of hydrogen-bond acceptors (Lipinski definition) is 6. The van der Waals surface area contributed by atoms with Crippen molar-refractivity contribution < 1.29 is 0 Å². The van der Waals surface area contributed by atoms with Gasteiger partial charge in [-0.15, -0.1) is 0 Å². The summed E-state index contributed by atoms with van der Waals surface area (Å²) in [5.41, 5.74) is 1.55. The second-order valence-corrected chi connectivity index (χ2v) is 6.25. The number of thioether (sulfide) groups is 1. The van der Waals surface area contributed by atoms with Crippen LogP contribution in [0.15, 0.2) is 6.33 Å². The zero-order valence-electron chi connectivity index (χ0n) is 13.2. The number of hydrogen-bond donors (Lipinski definition) is 3. The zero-order valence-corrected chi connectivity index (χ0v) is 14.0. The number of nitrogens with zero attached hydrogens (tertiary/aromatic N) is 3. The van der Waals surface area contributed by atoms with Crippen LogP contribution in [-0.2, 0) is 0 Å². The molecule has 2 rings (SSSR count). The van der Waals surface area contributed by atoms with Gasteiger partial charge in [0, 0.05) is 17.8 Å². The lowest BCUT2D eigenvalue weighted by Gasteiger charge is -2.30. The van der Waals surface area contributed by atoms with Crippen LogP contribution in [0, 0.1) is 0 Å². The molecule has 3 N–H and O–H groups in total. The van der Waals surface area contributed by atoms with Crippen LogP contribution in [0.5, 0.6) is 0 Å². The first kappa shape index (κ1) is 15.9. The fourth-order valence-corrected chi connectivity index (χ4v) is 3.10. The van der Waals surface area contributed by atoms with Crippen LogP contribution in [0.3, 0.4) is 0 Å². The van der Waals surface area contributed by atoms with E-state index in [0.29, 0.717) is 11.6 Å². The molecule has 0 unspecified atom stereocenters. The molecule has 21 heavy (non-hydrogen) atoms. The fourth-order valence-electron chi connectivity index (χ4n) is 2.30. The minimum Gasteiger partial charge on any atom is -0.367 e. The Kier molecular flexibility index (Phi) is 5.27. The van der Waals surface area contributed by atoms with E-state index in [9.17, 15) is 0 Å². The van der Waals surface area contributed by atoms with Gasteiger partial charge in [0.2, 0.25) is 5.95 Å². The number of imidazole rings is 1. The van der Waals surface area contributed by atoms with Gasteiger partial charge in [0.25, 0.3) is 0 Å². The molecular weight excluding hydrogens is 284 g/mol. The number of aromatic nitrogens is 4. The summed E-state index contributed by atoms with van der Waals surface area (Å²) in [6.45, 7) is 8.15. The number of rotatable bonds is 8. The first-order valence-corrected chi connectivity index (χ1v) is 8.64. The Labute approximate surface area is 129 Å². The summed E-state index contributed by atoms with van der Waals surface area (Å²) in [6.07, 6.45) is 6.07. The van der Waals surface area contributed by atoms with Crippen molar-refractivity contribution in [3.05, 3.63) is 6.33 Å². The molecule has 0 saturated carbocycles. The van der Waals surface area contributed by atoms with E-state index >= 15 is 0 Å². The van der Waals surface area contributed by atoms with Crippen LogP contribution in [0.4, 0.5) is 11.8 Å². The Hall–Kier alpha value is -1.50. The third kappa shape index (κ3) is 3.40. The van der Waals surface area contributed by atoms with Gasteiger partial charge in [-0.1, -0.05) is 13.8 Å². The smallest absolute Gasteiger partial charge is 0.226 e. The molecule has 0 aliphatic rings. The van der Waals surface area contributed by atoms with Gasteiger partial charge in [-0.25, -0.2) is 4.98 Å². The van der Waals surface area contributed by atoms with E-state index in [1.54, 1.807) is 6.33 Å². The Bertz CT molecular complexity index is 570. The van der Waals surface area contributed by atoms with E-state index in [2.05, 4.69) is 50.7 Å². The molecule has 7 heteroatoms. The van der Waals surface area contributed by atoms with Gasteiger partial charge in [-0.2, -0.15) is 21.7 Å². The summed E-state index contributed by atoms with van der Waals surface area (Å²) in [4.78, 5) is 16.3. The minimum absolute atomic E-state index is 0.232. The molecule has 2 aromatic rings. The van der Waals surface area contributed by atoms with E-state index in [-0.39, 0.29) is 4.75 Å². The largest absolute Gasteiger partial charge is 0.367 e. The monoisotopic (exact) mass is 308 g/mol. The predicted octanol–water partition coefficient (Wildman–Crippen LogP) is 3.12. The lowest BCUT2D eigenvalue weighted by atomic mass is 10.0. The molecule has 0 saturated heterocycles. The van der Waals surface area contributed by atoms with Crippen LogP contribution in [0.2, 0.25) is 0 Å². The van der Waals surface area contributed by atoms with Gasteiger partial charge in [0.15, 0.2) is 11.5 Å². The van der Waals surface area contributed by atoms with Crippen molar-refractivity contribution in [1.29, 1.82) is 0 Å². The van der Waals surface area contributed by atoms with Crippen molar-refractivity contribution in [2.24, 2.45) is 0 Å². The number of nitrogens with one attached hydrogen (secondary N) is 3. The van der Waals surface area contributed by atoms with Gasteiger partial charge in [0.1, 0.15) is 5.52 Å². The van der Waals surface area contributed by atoms with E-state index in [4.69, 9.17) is 0 Å². The van der Waals surface area contributed by atoms with E-state index < -0.39 is 0 Å². The summed E-state index contributed by atoms with van der Waals surface area (Å²) < 4.78 is 0.232. The molecule has 2 aromatic heterocycles. The molecule has 0 bridgehead atoms. The summed E-state index contributed by atoms with van der Waals surface area (Å²) in [6, 6.07) is 0. The van der Waals surface area contributed by atoms with Crippen LogP contribution in [-0.4, -0.2) is 44.0 Å². The highest BCUT2D eigenvalue weighted by molar-refractivity contribution is 8.00. The minimum atomic E-state index is 0.232. The van der Waals surface area contributed by atoms with Gasteiger partial charge in [0.05, 0.1) is 6.33 Å². The molecule has 0 aliphatic heterocycles. The Balaban J connectivity index is 2.26. The molecule has 0 aliphatic carbocycles. The second-order valence-electron chi connectivity index (χ2n) is 4.98. The maximum Gasteiger partial charge on any atom is 0.226 e. The topological polar surface area (TPSA) is 78.5 Å². The molecule has 0 atom stereocenters. The lowest BCUT2D eigenvalue weighted by Crippen LogP contribution is -2.32. The highest BCUT2D eigenvalue weighted by Crippen LogP contribution is 2.31. The average molecular weight is 308 g/mol. The summed E-state index contributed by atoms with van der Waals surface area (Å²) in [7, 11) is 0. The second kappa shape index (κ2) is 6.98. The predicted molar refractivity (Wildman–Crippen MR) is 91.2 cm³/mol. The highest BCUT2D eigenvalue weighted by Gasteiger charge is 2.25. The molecule has 0 radical (unpaired) electrons. The summed E-state index contributed by atoms with van der Waals surface area (Å²) in [5.74, 6) is 1.43. The van der Waals surface area contributed by atoms with E-state index in [0.717, 1.165) is 37.3 Å². The van der Waals surface area contributed by atoms with Crippen LogP contribution in [0.25, 0.3) is 11.2 Å². The third-order valence-corrected chi connectivity index (χ3v) is 5.51. The molecule has 0 aromatic carbocycles. The van der Waals surface area contributed by atoms with Crippen molar-refractivity contribution in [3.63, 3.8) is 0 Å². The van der Waals surface area contributed by atoms with Crippen molar-refractivity contribution in [1.82, 2.24) is 19.9 Å². The lowest BCUT2D eigenvalue weighted by molar-refractivity contribution is 0.574. The molecule has 6 nitrogen and oxygen atoms in total. The molecule has 0 amide bonds. The van der Waals surface area contributed by atoms with E-state index in [1.807, 2.05) is 18.7 Å². The maximum atomic E-state index is 4.55. The first-order valence-electron chi connectivity index (χ1n) is 7.42. The zero-order chi connectivity index (χ0) is 15.3. The Morgan fingerprint density at radius 1 is 1.19 bits per heavy atom. The Morgan fingerprint density at radius 3 is 2.57 bits per heavy atom. The van der Waals surface area contributed by atoms with Crippen molar-refractivity contribution >= 4 is 34.7 Å². The van der Waals surface area contributed by atoms with Crippen molar-refractivity contribution in [2.75, 3.05) is 30.0 Å². The number of H-pyrrole nitrogens is 1. The SMILES string of the molecule is CCNc1nc(NCC(CC)(CC)SC)c2[nH]cnc2n1. The quantitative estimate of drug-likeness (QED) is 0.695. The summed E-state index contributed by atoms with van der Waals surface area (Å²) in [5, 5.41) is 6.63. The normalized spacial score (nSPS) is 11.8. The average Bonchev–Trinajstić information content (AvgIpc) is 2.98. The molecular formula is C14H24N6S. The maximum absolute atomic E-state index is 4.55. The third-order valence-electron chi connectivity index (χ3n) is 3.92. The Morgan fingerprint density at radius 2 is 1.95 bits per heavy atom. The van der Waals surface area contributed by atoms with Gasteiger partial charge in [-0.3, -0.25) is 0 Å². The van der Waals surface area contributed by atoms with Crippen LogP contribution >= 0.6 is 11.8 Å². The molecule has 0 spiro atoms. The van der Waals surface area contributed by atoms with E-state index in [1.165, 1.54) is 0 Å². The number of anilines is 2. The van der Waals surface area contributed by atoms with Gasteiger partial charge < -0.3 is 15.6 Å². The summed E-state index contributed by atoms with van der Waals surface area (Å²) >= 11 is 1.91. The molecule has 116 valence electrons. The van der Waals surface area contributed by atoms with Crippen LogP contribution < -0.4 is 10.6 Å². The standard InChI is InChI=1S/C14H24N6S/c1-5-14(6-2,21-4)8-16-11-10-12(18-9-17-10)20-13(19-11)15-7-3/h9H,5-8H2,1-4H3,(H3,15,16,17,18,19,20).